The highest BCUT2D eigenvalue weighted by atomic mass is 16.3. The average Bonchev–Trinajstić information content (AvgIpc) is 2.46. The molecule has 1 aromatic carbocycles. The summed E-state index contributed by atoms with van der Waals surface area (Å²) >= 11 is 0. The molecule has 0 saturated carbocycles. The van der Waals surface area contributed by atoms with E-state index in [9.17, 15) is 10.2 Å². The largest absolute Gasteiger partial charge is 0.508 e. The van der Waals surface area contributed by atoms with Crippen LogP contribution in [0.1, 0.15) is 57.6 Å². The molecule has 0 spiro atoms. The van der Waals surface area contributed by atoms with Crippen LogP contribution in [0.5, 0.6) is 11.5 Å². The fraction of sp³-hybridized carbons (Fsp3) is 0.500. The Hall–Kier alpha value is -1.74. The highest BCUT2D eigenvalue weighted by Gasteiger charge is 2.09. The zero-order valence-corrected chi connectivity index (χ0v) is 14.7. The number of aromatic hydroxyl groups is 2. The van der Waals surface area contributed by atoms with Crippen molar-refractivity contribution in [2.24, 2.45) is 5.73 Å². The minimum atomic E-state index is 0.182. The lowest BCUT2D eigenvalue weighted by Gasteiger charge is -2.09. The molecule has 4 N–H and O–H groups in total. The van der Waals surface area contributed by atoms with Crippen molar-refractivity contribution in [3.05, 3.63) is 46.6 Å². The molecule has 0 amide bonds. The molecular weight excluding hydrogens is 286 g/mol. The molecule has 0 aliphatic heterocycles. The van der Waals surface area contributed by atoms with Crippen molar-refractivity contribution in [3.8, 4) is 11.5 Å². The number of rotatable bonds is 9. The summed E-state index contributed by atoms with van der Waals surface area (Å²) in [7, 11) is 0. The number of unbranched alkanes of at least 4 members (excludes halogenated alkanes) is 1. The monoisotopic (exact) mass is 317 g/mol. The Bertz CT molecular complexity index is 532. The molecule has 0 bridgehead atoms. The Morgan fingerprint density at radius 2 is 1.70 bits per heavy atom. The lowest BCUT2D eigenvalue weighted by atomic mass is 10.0. The quantitative estimate of drug-likeness (QED) is 0.460. The molecule has 3 nitrogen and oxygen atoms in total. The van der Waals surface area contributed by atoms with E-state index < -0.39 is 0 Å². The van der Waals surface area contributed by atoms with Gasteiger partial charge in [-0.2, -0.15) is 0 Å². The van der Waals surface area contributed by atoms with Crippen LogP contribution >= 0.6 is 0 Å². The first-order valence-electron chi connectivity index (χ1n) is 8.46. The number of phenolic OH excluding ortho intramolecular Hbond substituents is 2. The van der Waals surface area contributed by atoms with Gasteiger partial charge in [-0.25, -0.2) is 0 Å². The summed E-state index contributed by atoms with van der Waals surface area (Å²) in [5.74, 6) is 0.363. The molecule has 3 heteroatoms. The number of aryl methyl sites for hydroxylation is 1. The molecular formula is C20H31NO2. The van der Waals surface area contributed by atoms with Gasteiger partial charge in [-0.05, 0) is 83.5 Å². The van der Waals surface area contributed by atoms with Gasteiger partial charge in [0, 0.05) is 5.56 Å². The number of benzene rings is 1. The van der Waals surface area contributed by atoms with Gasteiger partial charge in [-0.3, -0.25) is 0 Å². The predicted molar refractivity (Wildman–Crippen MR) is 97.9 cm³/mol. The summed E-state index contributed by atoms with van der Waals surface area (Å²) in [5.41, 5.74) is 9.66. The van der Waals surface area contributed by atoms with Crippen LogP contribution in [-0.4, -0.2) is 16.8 Å². The highest BCUT2D eigenvalue weighted by Crippen LogP contribution is 2.30. The maximum Gasteiger partial charge on any atom is 0.123 e. The third-order valence-electron chi connectivity index (χ3n) is 3.93. The smallest absolute Gasteiger partial charge is 0.123 e. The third-order valence-corrected chi connectivity index (χ3v) is 3.93. The summed E-state index contributed by atoms with van der Waals surface area (Å²) in [6.45, 7) is 6.97. The number of nitrogens with two attached hydrogens (primary N) is 1. The average molecular weight is 317 g/mol. The fourth-order valence-electron chi connectivity index (χ4n) is 2.49. The maximum absolute atomic E-state index is 10.2. The molecule has 0 unspecified atom stereocenters. The molecule has 0 saturated heterocycles. The highest BCUT2D eigenvalue weighted by molar-refractivity contribution is 5.47. The van der Waals surface area contributed by atoms with Gasteiger partial charge in [-0.15, -0.1) is 0 Å². The second-order valence-corrected chi connectivity index (χ2v) is 6.43. The van der Waals surface area contributed by atoms with Crippen molar-refractivity contribution in [3.63, 3.8) is 0 Å². The molecule has 0 aliphatic rings. The van der Waals surface area contributed by atoms with Gasteiger partial charge in [-0.1, -0.05) is 23.3 Å². The summed E-state index contributed by atoms with van der Waals surface area (Å²) < 4.78 is 0. The van der Waals surface area contributed by atoms with Crippen LogP contribution in [0.2, 0.25) is 0 Å². The molecule has 0 atom stereocenters. The third kappa shape index (κ3) is 7.38. The summed E-state index contributed by atoms with van der Waals surface area (Å²) in [6, 6.07) is 3.52. The van der Waals surface area contributed by atoms with Gasteiger partial charge >= 0.3 is 0 Å². The molecule has 0 heterocycles. The number of allylic oxidation sites excluding steroid dienone is 4. The van der Waals surface area contributed by atoms with Crippen molar-refractivity contribution < 1.29 is 10.2 Å². The van der Waals surface area contributed by atoms with Gasteiger partial charge in [0.25, 0.3) is 0 Å². The van der Waals surface area contributed by atoms with Gasteiger partial charge in [0.2, 0.25) is 0 Å². The zero-order chi connectivity index (χ0) is 17.2. The molecule has 1 rings (SSSR count). The topological polar surface area (TPSA) is 66.5 Å². The van der Waals surface area contributed by atoms with E-state index in [1.165, 1.54) is 11.1 Å². The molecule has 128 valence electrons. The summed E-state index contributed by atoms with van der Waals surface area (Å²) in [5, 5.41) is 20.3. The predicted octanol–water partition coefficient (Wildman–Crippen LogP) is 4.61. The van der Waals surface area contributed by atoms with Crippen LogP contribution in [-0.2, 0) is 12.8 Å². The van der Waals surface area contributed by atoms with Crippen molar-refractivity contribution in [1.82, 2.24) is 0 Å². The van der Waals surface area contributed by atoms with E-state index >= 15 is 0 Å². The zero-order valence-electron chi connectivity index (χ0n) is 14.7. The van der Waals surface area contributed by atoms with Crippen molar-refractivity contribution in [2.45, 2.75) is 59.3 Å². The molecule has 1 aromatic rings. The summed E-state index contributed by atoms with van der Waals surface area (Å²) in [4.78, 5) is 0. The van der Waals surface area contributed by atoms with Crippen LogP contribution in [0.15, 0.2) is 35.4 Å². The van der Waals surface area contributed by atoms with Gasteiger partial charge < -0.3 is 15.9 Å². The van der Waals surface area contributed by atoms with E-state index in [2.05, 4.69) is 32.9 Å². The Morgan fingerprint density at radius 3 is 2.26 bits per heavy atom. The number of phenols is 2. The fourth-order valence-corrected chi connectivity index (χ4v) is 2.49. The second-order valence-electron chi connectivity index (χ2n) is 6.43. The van der Waals surface area contributed by atoms with Crippen LogP contribution < -0.4 is 5.73 Å². The van der Waals surface area contributed by atoms with E-state index in [1.54, 1.807) is 12.1 Å². The SMILES string of the molecule is CC(C)=CCC/C(C)=C/Cc1c(O)cc(CCCCN)cc1O. The molecule has 0 aromatic heterocycles. The van der Waals surface area contributed by atoms with Gasteiger partial charge in [0.05, 0.1) is 0 Å². The standard InChI is InChI=1S/C20H31NO2/c1-15(2)7-6-8-16(3)10-11-18-19(22)13-17(14-20(18)23)9-4-5-12-21/h7,10,13-14,22-23H,4-6,8-9,11-12,21H2,1-3H3/b16-10+. The van der Waals surface area contributed by atoms with Crippen molar-refractivity contribution in [1.29, 1.82) is 0 Å². The molecule has 0 aliphatic carbocycles. The van der Waals surface area contributed by atoms with Crippen molar-refractivity contribution >= 4 is 0 Å². The van der Waals surface area contributed by atoms with Crippen LogP contribution in [0.25, 0.3) is 0 Å². The van der Waals surface area contributed by atoms with Crippen molar-refractivity contribution in [2.75, 3.05) is 6.54 Å². The molecule has 0 radical (unpaired) electrons. The Kier molecular flexibility index (Phi) is 8.49. The first kappa shape index (κ1) is 19.3. The lowest BCUT2D eigenvalue weighted by Crippen LogP contribution is -1.99. The number of hydrogen-bond acceptors (Lipinski definition) is 3. The first-order valence-corrected chi connectivity index (χ1v) is 8.46. The lowest BCUT2D eigenvalue weighted by molar-refractivity contribution is 0.439. The van der Waals surface area contributed by atoms with E-state index in [-0.39, 0.29) is 11.5 Å². The summed E-state index contributed by atoms with van der Waals surface area (Å²) in [6.07, 6.45) is 9.66. The van der Waals surface area contributed by atoms with Crippen LogP contribution in [0, 0.1) is 0 Å². The van der Waals surface area contributed by atoms with E-state index in [4.69, 9.17) is 5.73 Å². The Balaban J connectivity index is 2.67. The van der Waals surface area contributed by atoms with E-state index in [1.807, 2.05) is 0 Å². The van der Waals surface area contributed by atoms with E-state index in [0.717, 1.165) is 37.7 Å². The maximum atomic E-state index is 10.2. The number of hydrogen-bond donors (Lipinski definition) is 3. The Labute approximate surface area is 140 Å². The van der Waals surface area contributed by atoms with E-state index in [0.29, 0.717) is 18.5 Å². The normalized spacial score (nSPS) is 11.6. The molecule has 23 heavy (non-hydrogen) atoms. The minimum absolute atomic E-state index is 0.182. The molecule has 0 fully saturated rings. The second kappa shape index (κ2) is 10.1. The minimum Gasteiger partial charge on any atom is -0.508 e. The Morgan fingerprint density at radius 1 is 1.04 bits per heavy atom. The van der Waals surface area contributed by atoms with Gasteiger partial charge in [0.1, 0.15) is 11.5 Å². The first-order chi connectivity index (χ1) is 10.9. The van der Waals surface area contributed by atoms with Crippen LogP contribution in [0.3, 0.4) is 0 Å². The van der Waals surface area contributed by atoms with Gasteiger partial charge in [0.15, 0.2) is 0 Å². The van der Waals surface area contributed by atoms with Crippen LogP contribution in [0.4, 0.5) is 0 Å².